The highest BCUT2D eigenvalue weighted by Gasteiger charge is 2.32. The molecule has 2 fully saturated rings. The van der Waals surface area contributed by atoms with Crippen LogP contribution in [0.4, 0.5) is 11.8 Å². The Morgan fingerprint density at radius 3 is 2.73 bits per heavy atom. The summed E-state index contributed by atoms with van der Waals surface area (Å²) in [6.07, 6.45) is 5.88. The van der Waals surface area contributed by atoms with Gasteiger partial charge in [0.25, 0.3) is 0 Å². The van der Waals surface area contributed by atoms with Gasteiger partial charge in [-0.3, -0.25) is 0 Å². The molecule has 2 aliphatic heterocycles. The average molecular weight is 325 g/mol. The molecule has 0 radical (unpaired) electrons. The fraction of sp³-hybridized carbons (Fsp3) is 0.786. The van der Waals surface area contributed by atoms with Crippen LogP contribution >= 0.6 is 0 Å². The molecule has 0 amide bonds. The first-order valence-electron chi connectivity index (χ1n) is 8.01. The second kappa shape index (κ2) is 6.36. The Labute approximate surface area is 131 Å². The second-order valence-corrected chi connectivity index (χ2v) is 8.23. The molecule has 1 aromatic heterocycles. The first-order chi connectivity index (χ1) is 10.6. The molecule has 0 N–H and O–H groups in total. The summed E-state index contributed by atoms with van der Waals surface area (Å²) in [4.78, 5) is 8.86. The highest BCUT2D eigenvalue weighted by atomic mass is 32.2. The summed E-state index contributed by atoms with van der Waals surface area (Å²) in [6.45, 7) is 4.68. The molecule has 1 atom stereocenters. The van der Waals surface area contributed by atoms with E-state index in [4.69, 9.17) is 0 Å². The quantitative estimate of drug-likeness (QED) is 0.813. The third-order valence-electron chi connectivity index (χ3n) is 4.46. The van der Waals surface area contributed by atoms with Gasteiger partial charge in [-0.2, -0.15) is 10.1 Å². The second-order valence-electron chi connectivity index (χ2n) is 6.01. The number of hydrogen-bond donors (Lipinski definition) is 0. The molecule has 2 saturated heterocycles. The number of piperidine rings is 1. The van der Waals surface area contributed by atoms with Gasteiger partial charge in [0.15, 0.2) is 15.7 Å². The molecule has 2 aliphatic rings. The summed E-state index contributed by atoms with van der Waals surface area (Å²) in [5.74, 6) is 1.88. The fourth-order valence-corrected chi connectivity index (χ4v) is 5.01. The van der Waals surface area contributed by atoms with E-state index in [0.29, 0.717) is 12.4 Å². The lowest BCUT2D eigenvalue weighted by atomic mass is 10.1. The van der Waals surface area contributed by atoms with Crippen LogP contribution in [-0.4, -0.2) is 60.8 Å². The zero-order valence-electron chi connectivity index (χ0n) is 13.0. The molecular formula is C14H23N5O2S. The number of aromatic nitrogens is 3. The molecule has 3 rings (SSSR count). The summed E-state index contributed by atoms with van der Waals surface area (Å²) in [5, 5.41) is 8.25. The van der Waals surface area contributed by atoms with E-state index in [9.17, 15) is 8.42 Å². The SMILES string of the molecule is CCN(c1cnnc(N2CCCCC2)n1)C1CCS(=O)(=O)C1. The third kappa shape index (κ3) is 3.31. The van der Waals surface area contributed by atoms with Crippen molar-refractivity contribution in [2.75, 3.05) is 40.9 Å². The van der Waals surface area contributed by atoms with Gasteiger partial charge in [-0.25, -0.2) is 8.42 Å². The van der Waals surface area contributed by atoms with Crippen LogP contribution in [0.15, 0.2) is 6.20 Å². The molecule has 0 saturated carbocycles. The number of sulfone groups is 1. The number of anilines is 2. The van der Waals surface area contributed by atoms with Crippen molar-refractivity contribution in [1.82, 2.24) is 15.2 Å². The van der Waals surface area contributed by atoms with Gasteiger partial charge in [-0.05, 0) is 32.6 Å². The summed E-state index contributed by atoms with van der Waals surface area (Å²) in [7, 11) is -2.91. The van der Waals surface area contributed by atoms with Gasteiger partial charge in [-0.15, -0.1) is 5.10 Å². The van der Waals surface area contributed by atoms with Gasteiger partial charge in [-0.1, -0.05) is 0 Å². The van der Waals surface area contributed by atoms with Crippen LogP contribution in [0.1, 0.15) is 32.6 Å². The smallest absolute Gasteiger partial charge is 0.247 e. The van der Waals surface area contributed by atoms with Crippen molar-refractivity contribution in [3.8, 4) is 0 Å². The Hall–Kier alpha value is -1.44. The lowest BCUT2D eigenvalue weighted by Crippen LogP contribution is -2.38. The van der Waals surface area contributed by atoms with Gasteiger partial charge >= 0.3 is 0 Å². The average Bonchev–Trinajstić information content (AvgIpc) is 2.89. The van der Waals surface area contributed by atoms with Crippen LogP contribution in [-0.2, 0) is 9.84 Å². The minimum atomic E-state index is -2.91. The largest absolute Gasteiger partial charge is 0.351 e. The van der Waals surface area contributed by atoms with Gasteiger partial charge < -0.3 is 9.80 Å². The topological polar surface area (TPSA) is 79.3 Å². The van der Waals surface area contributed by atoms with Crippen molar-refractivity contribution >= 4 is 21.6 Å². The Morgan fingerprint density at radius 1 is 1.32 bits per heavy atom. The van der Waals surface area contributed by atoms with Gasteiger partial charge in [0.1, 0.15) is 0 Å². The molecule has 22 heavy (non-hydrogen) atoms. The first kappa shape index (κ1) is 15.5. The van der Waals surface area contributed by atoms with Gasteiger partial charge in [0.2, 0.25) is 5.95 Å². The van der Waals surface area contributed by atoms with E-state index in [2.05, 4.69) is 20.1 Å². The molecule has 0 spiro atoms. The van der Waals surface area contributed by atoms with E-state index in [1.54, 1.807) is 6.20 Å². The van der Waals surface area contributed by atoms with E-state index in [1.165, 1.54) is 6.42 Å². The highest BCUT2D eigenvalue weighted by molar-refractivity contribution is 7.91. The van der Waals surface area contributed by atoms with E-state index in [1.807, 2.05) is 11.8 Å². The van der Waals surface area contributed by atoms with Crippen LogP contribution in [0.5, 0.6) is 0 Å². The molecular weight excluding hydrogens is 302 g/mol. The van der Waals surface area contributed by atoms with Crippen LogP contribution in [0.25, 0.3) is 0 Å². The van der Waals surface area contributed by atoms with Crippen molar-refractivity contribution in [2.45, 2.75) is 38.6 Å². The Bertz CT molecular complexity index is 615. The van der Waals surface area contributed by atoms with Crippen LogP contribution in [0, 0.1) is 0 Å². The fourth-order valence-electron chi connectivity index (χ4n) is 3.28. The number of nitrogens with zero attached hydrogens (tertiary/aromatic N) is 5. The van der Waals surface area contributed by atoms with Crippen molar-refractivity contribution in [3.63, 3.8) is 0 Å². The Kier molecular flexibility index (Phi) is 4.46. The van der Waals surface area contributed by atoms with Crippen LogP contribution < -0.4 is 9.80 Å². The standard InChI is InChI=1S/C14H23N5O2S/c1-2-19(12-6-9-22(20,21)11-12)13-10-15-17-14(16-13)18-7-4-3-5-8-18/h10,12H,2-9,11H2,1H3. The Morgan fingerprint density at radius 2 is 2.09 bits per heavy atom. The van der Waals surface area contributed by atoms with Crippen molar-refractivity contribution in [1.29, 1.82) is 0 Å². The molecule has 1 aromatic rings. The zero-order chi connectivity index (χ0) is 15.6. The normalized spacial score (nSPS) is 24.4. The molecule has 1 unspecified atom stereocenters. The molecule has 0 aliphatic carbocycles. The van der Waals surface area contributed by atoms with E-state index in [0.717, 1.165) is 38.3 Å². The molecule has 122 valence electrons. The molecule has 3 heterocycles. The third-order valence-corrected chi connectivity index (χ3v) is 6.21. The maximum absolute atomic E-state index is 11.7. The molecule has 0 bridgehead atoms. The molecule has 8 heteroatoms. The van der Waals surface area contributed by atoms with Gasteiger partial charge in [0, 0.05) is 25.7 Å². The first-order valence-corrected chi connectivity index (χ1v) is 9.83. The zero-order valence-corrected chi connectivity index (χ0v) is 13.8. The minimum absolute atomic E-state index is 0.000839. The van der Waals surface area contributed by atoms with Crippen molar-refractivity contribution in [2.24, 2.45) is 0 Å². The summed E-state index contributed by atoms with van der Waals surface area (Å²) in [6, 6.07) is 0.000839. The lowest BCUT2D eigenvalue weighted by molar-refractivity contribution is 0.563. The molecule has 7 nitrogen and oxygen atoms in total. The van der Waals surface area contributed by atoms with E-state index >= 15 is 0 Å². The van der Waals surface area contributed by atoms with Crippen molar-refractivity contribution < 1.29 is 8.42 Å². The van der Waals surface area contributed by atoms with E-state index in [-0.39, 0.29) is 17.5 Å². The monoisotopic (exact) mass is 325 g/mol. The van der Waals surface area contributed by atoms with Crippen LogP contribution in [0.3, 0.4) is 0 Å². The maximum Gasteiger partial charge on any atom is 0.247 e. The summed E-state index contributed by atoms with van der Waals surface area (Å²) in [5.41, 5.74) is 0. The number of hydrogen-bond acceptors (Lipinski definition) is 7. The number of rotatable bonds is 4. The summed E-state index contributed by atoms with van der Waals surface area (Å²) < 4.78 is 23.4. The molecule has 0 aromatic carbocycles. The predicted molar refractivity (Wildman–Crippen MR) is 86.0 cm³/mol. The summed E-state index contributed by atoms with van der Waals surface area (Å²) >= 11 is 0. The van der Waals surface area contributed by atoms with Crippen LogP contribution in [0.2, 0.25) is 0 Å². The Balaban J connectivity index is 1.80. The highest BCUT2D eigenvalue weighted by Crippen LogP contribution is 2.24. The van der Waals surface area contributed by atoms with Gasteiger partial charge in [0.05, 0.1) is 17.7 Å². The maximum atomic E-state index is 11.7. The van der Waals surface area contributed by atoms with Crippen molar-refractivity contribution in [3.05, 3.63) is 6.20 Å². The van der Waals surface area contributed by atoms with E-state index < -0.39 is 9.84 Å². The minimum Gasteiger partial charge on any atom is -0.351 e. The lowest BCUT2D eigenvalue weighted by Gasteiger charge is -2.30. The predicted octanol–water partition coefficient (Wildman–Crippen LogP) is 0.875.